The highest BCUT2D eigenvalue weighted by Crippen LogP contribution is 2.42. The van der Waals surface area contributed by atoms with Crippen LogP contribution >= 0.6 is 0 Å². The minimum absolute atomic E-state index is 0.0668. The molecule has 0 aromatic heterocycles. The molecule has 0 radical (unpaired) electrons. The molecule has 5 atom stereocenters. The summed E-state index contributed by atoms with van der Waals surface area (Å²) in [5.41, 5.74) is 6.96. The number of methoxy groups -OCH3 is 1. The van der Waals surface area contributed by atoms with E-state index in [9.17, 15) is 14.7 Å². The van der Waals surface area contributed by atoms with Crippen molar-refractivity contribution in [3.05, 3.63) is 29.8 Å². The average Bonchev–Trinajstić information content (AvgIpc) is 2.75. The number of nitrogens with zero attached hydrogens (tertiary/aromatic N) is 2. The van der Waals surface area contributed by atoms with Crippen molar-refractivity contribution in [3.63, 3.8) is 0 Å². The van der Waals surface area contributed by atoms with Crippen LogP contribution in [-0.2, 0) is 16.0 Å². The first-order chi connectivity index (χ1) is 14.0. The van der Waals surface area contributed by atoms with Crippen LogP contribution < -0.4 is 10.5 Å². The molecule has 2 bridgehead atoms. The van der Waals surface area contributed by atoms with Crippen molar-refractivity contribution >= 4 is 11.8 Å². The molecule has 0 spiro atoms. The lowest BCUT2D eigenvalue weighted by Crippen LogP contribution is -2.66. The van der Waals surface area contributed by atoms with Crippen molar-refractivity contribution in [1.82, 2.24) is 9.80 Å². The topological polar surface area (TPSA) is 96.1 Å². The summed E-state index contributed by atoms with van der Waals surface area (Å²) in [6.07, 6.45) is 4.30. The van der Waals surface area contributed by atoms with E-state index in [0.717, 1.165) is 37.0 Å². The lowest BCUT2D eigenvalue weighted by Gasteiger charge is -2.57. The molecule has 3 fully saturated rings. The molecule has 158 valence electrons. The molecule has 7 nitrogen and oxygen atoms in total. The maximum Gasteiger partial charge on any atom is 0.241 e. The van der Waals surface area contributed by atoms with Gasteiger partial charge in [0.1, 0.15) is 11.8 Å². The molecule has 3 N–H and O–H groups in total. The van der Waals surface area contributed by atoms with Crippen molar-refractivity contribution < 1.29 is 19.4 Å². The Hall–Kier alpha value is -2.12. The van der Waals surface area contributed by atoms with E-state index >= 15 is 0 Å². The lowest BCUT2D eigenvalue weighted by atomic mass is 9.70. The van der Waals surface area contributed by atoms with Gasteiger partial charge in [-0.25, -0.2) is 0 Å². The number of aliphatic hydroxyl groups is 1. The number of carbonyl (C=O) groups excluding carboxylic acids is 2. The Kier molecular flexibility index (Phi) is 5.79. The Morgan fingerprint density at radius 3 is 2.90 bits per heavy atom. The summed E-state index contributed by atoms with van der Waals surface area (Å²) in [5, 5.41) is 9.32. The van der Waals surface area contributed by atoms with Crippen LogP contribution in [0.4, 0.5) is 0 Å². The number of rotatable bonds is 5. The van der Waals surface area contributed by atoms with Gasteiger partial charge in [0.2, 0.25) is 11.8 Å². The van der Waals surface area contributed by atoms with Crippen LogP contribution in [0.5, 0.6) is 5.75 Å². The summed E-state index contributed by atoms with van der Waals surface area (Å²) in [6, 6.07) is 7.39. The van der Waals surface area contributed by atoms with E-state index in [1.54, 1.807) is 7.11 Å². The Morgan fingerprint density at radius 1 is 1.34 bits per heavy atom. The standard InChI is InChI=1S/C22H31N3O4/c1-29-17-5-2-4-14(8-17)9-20-16-10-15(19-6-3-7-21(27)25(19)20)11-24(12-16)22(28)18(23)13-26/h2,4-5,8,15-16,18-20,26H,3,6-7,9-13,23H2,1H3/t15-,16+,18-,19+,20+/m1/s1. The highest BCUT2D eigenvalue weighted by atomic mass is 16.5. The molecule has 3 saturated heterocycles. The number of nitrogens with two attached hydrogens (primary N) is 1. The predicted octanol–water partition coefficient (Wildman–Crippen LogP) is 0.785. The zero-order valence-corrected chi connectivity index (χ0v) is 17.0. The van der Waals surface area contributed by atoms with E-state index in [2.05, 4.69) is 11.0 Å². The normalized spacial score (nSPS) is 30.0. The third-order valence-corrected chi connectivity index (χ3v) is 6.90. The number of carbonyl (C=O) groups is 2. The number of hydrogen-bond acceptors (Lipinski definition) is 5. The molecule has 0 aliphatic carbocycles. The van der Waals surface area contributed by atoms with E-state index in [1.807, 2.05) is 23.1 Å². The highest BCUT2D eigenvalue weighted by Gasteiger charge is 2.50. The van der Waals surface area contributed by atoms with Crippen LogP contribution in [0.1, 0.15) is 31.2 Å². The number of ether oxygens (including phenoxy) is 1. The maximum atomic E-state index is 12.9. The molecule has 2 amide bonds. The molecule has 3 heterocycles. The molecule has 3 aliphatic rings. The van der Waals surface area contributed by atoms with E-state index in [0.29, 0.717) is 19.5 Å². The minimum Gasteiger partial charge on any atom is -0.497 e. The van der Waals surface area contributed by atoms with Gasteiger partial charge < -0.3 is 25.4 Å². The van der Waals surface area contributed by atoms with Gasteiger partial charge in [0.15, 0.2) is 0 Å². The fraction of sp³-hybridized carbons (Fsp3) is 0.636. The van der Waals surface area contributed by atoms with Crippen LogP contribution in [0.2, 0.25) is 0 Å². The van der Waals surface area contributed by atoms with Gasteiger partial charge in [0.25, 0.3) is 0 Å². The summed E-state index contributed by atoms with van der Waals surface area (Å²) < 4.78 is 5.37. The van der Waals surface area contributed by atoms with Crippen LogP contribution in [-0.4, -0.2) is 71.7 Å². The number of fused-ring (bicyclic) bond motifs is 4. The van der Waals surface area contributed by atoms with E-state index in [-0.39, 0.29) is 42.3 Å². The number of likely N-dealkylation sites (tertiary alicyclic amines) is 1. The summed E-state index contributed by atoms with van der Waals surface area (Å²) >= 11 is 0. The molecule has 1 aromatic carbocycles. The van der Waals surface area contributed by atoms with Gasteiger partial charge in [-0.1, -0.05) is 12.1 Å². The number of benzene rings is 1. The molecular weight excluding hydrogens is 370 g/mol. The maximum absolute atomic E-state index is 12.9. The smallest absolute Gasteiger partial charge is 0.241 e. The molecule has 0 saturated carbocycles. The van der Waals surface area contributed by atoms with Crippen molar-refractivity contribution in [2.24, 2.45) is 17.6 Å². The Morgan fingerprint density at radius 2 is 2.14 bits per heavy atom. The van der Waals surface area contributed by atoms with Gasteiger partial charge in [-0.2, -0.15) is 0 Å². The van der Waals surface area contributed by atoms with Crippen molar-refractivity contribution in [3.8, 4) is 5.75 Å². The van der Waals surface area contributed by atoms with Crippen LogP contribution in [0.25, 0.3) is 0 Å². The lowest BCUT2D eigenvalue weighted by molar-refractivity contribution is -0.156. The van der Waals surface area contributed by atoms with Crippen molar-refractivity contribution in [1.29, 1.82) is 0 Å². The number of piperidine rings is 3. The quantitative estimate of drug-likeness (QED) is 0.760. The SMILES string of the molecule is COc1cccc(C[C@H]2[C@H]3C[C@H](CN(C(=O)[C@H](N)CO)C3)[C@@H]3CCCC(=O)N32)c1. The second-order valence-electron chi connectivity index (χ2n) is 8.67. The molecule has 3 aliphatic heterocycles. The number of amides is 2. The third-order valence-electron chi connectivity index (χ3n) is 6.90. The minimum atomic E-state index is -0.866. The largest absolute Gasteiger partial charge is 0.497 e. The molecule has 1 aromatic rings. The van der Waals surface area contributed by atoms with Crippen LogP contribution in [0.15, 0.2) is 24.3 Å². The van der Waals surface area contributed by atoms with E-state index < -0.39 is 6.04 Å². The zero-order chi connectivity index (χ0) is 20.5. The Balaban J connectivity index is 1.62. The van der Waals surface area contributed by atoms with Gasteiger partial charge in [0.05, 0.1) is 13.7 Å². The summed E-state index contributed by atoms with van der Waals surface area (Å²) in [6.45, 7) is 0.878. The highest BCUT2D eigenvalue weighted by molar-refractivity contribution is 5.82. The van der Waals surface area contributed by atoms with Crippen molar-refractivity contribution in [2.45, 2.75) is 50.2 Å². The first-order valence-corrected chi connectivity index (χ1v) is 10.6. The summed E-state index contributed by atoms with van der Waals surface area (Å²) in [7, 11) is 1.66. The van der Waals surface area contributed by atoms with E-state index in [4.69, 9.17) is 10.5 Å². The second-order valence-corrected chi connectivity index (χ2v) is 8.67. The molecule has 29 heavy (non-hydrogen) atoms. The fourth-order valence-corrected chi connectivity index (χ4v) is 5.57. The van der Waals surface area contributed by atoms with Gasteiger partial charge in [-0.05, 0) is 55.2 Å². The predicted molar refractivity (Wildman–Crippen MR) is 108 cm³/mol. The molecule has 7 heteroatoms. The van der Waals surface area contributed by atoms with Crippen molar-refractivity contribution in [2.75, 3.05) is 26.8 Å². The summed E-state index contributed by atoms with van der Waals surface area (Å²) in [4.78, 5) is 29.6. The second kappa shape index (κ2) is 8.32. The Bertz CT molecular complexity index is 770. The van der Waals surface area contributed by atoms with Gasteiger partial charge in [0, 0.05) is 31.6 Å². The fourth-order valence-electron chi connectivity index (χ4n) is 5.57. The van der Waals surface area contributed by atoms with Gasteiger partial charge >= 0.3 is 0 Å². The molecular formula is C22H31N3O4. The third kappa shape index (κ3) is 3.85. The van der Waals surface area contributed by atoms with Gasteiger partial charge in [-0.15, -0.1) is 0 Å². The number of aliphatic hydroxyl groups excluding tert-OH is 1. The van der Waals surface area contributed by atoms with Gasteiger partial charge in [-0.3, -0.25) is 9.59 Å². The average molecular weight is 402 g/mol. The van der Waals surface area contributed by atoms with Crippen LogP contribution in [0.3, 0.4) is 0 Å². The zero-order valence-electron chi connectivity index (χ0n) is 17.0. The summed E-state index contributed by atoms with van der Waals surface area (Å²) in [5.74, 6) is 1.38. The molecule has 4 rings (SSSR count). The monoisotopic (exact) mass is 401 g/mol. The number of hydrogen-bond donors (Lipinski definition) is 2. The first kappa shape index (κ1) is 20.2. The Labute approximate surface area is 171 Å². The first-order valence-electron chi connectivity index (χ1n) is 10.6. The van der Waals surface area contributed by atoms with Crippen LogP contribution in [0, 0.1) is 11.8 Å². The molecule has 0 unspecified atom stereocenters. The van der Waals surface area contributed by atoms with E-state index in [1.165, 1.54) is 0 Å².